The first-order chi connectivity index (χ1) is 13.1. The van der Waals surface area contributed by atoms with Crippen LogP contribution in [0.25, 0.3) is 0 Å². The molecule has 2 aromatic carbocycles. The van der Waals surface area contributed by atoms with Crippen LogP contribution < -0.4 is 10.6 Å². The van der Waals surface area contributed by atoms with Crippen LogP contribution in [0.15, 0.2) is 42.5 Å². The number of amides is 1. The number of carbonyl (C=O) groups excluding carboxylic acids is 1. The summed E-state index contributed by atoms with van der Waals surface area (Å²) in [4.78, 5) is 15.9. The van der Waals surface area contributed by atoms with Crippen LogP contribution in [-0.2, 0) is 23.3 Å². The highest BCUT2D eigenvalue weighted by molar-refractivity contribution is 6.42. The summed E-state index contributed by atoms with van der Waals surface area (Å²) < 4.78 is 0. The van der Waals surface area contributed by atoms with E-state index in [1.165, 1.54) is 5.56 Å². The van der Waals surface area contributed by atoms with E-state index in [2.05, 4.69) is 33.7 Å². The Hall–Kier alpha value is -1.59. The van der Waals surface area contributed by atoms with Crippen molar-refractivity contribution in [1.29, 1.82) is 0 Å². The van der Waals surface area contributed by atoms with Crippen molar-refractivity contribution in [1.82, 2.24) is 15.5 Å². The zero-order chi connectivity index (χ0) is 18.9. The summed E-state index contributed by atoms with van der Waals surface area (Å²) in [5.41, 5.74) is 2.79. The Kier molecular flexibility index (Phi) is 5.42. The molecular formula is C21H23Cl2N3O. The fraction of sp³-hybridized carbons (Fsp3) is 0.381. The second-order valence-electron chi connectivity index (χ2n) is 7.19. The number of nitrogens with zero attached hydrogens (tertiary/aromatic N) is 1. The number of rotatable bonds is 4. The average molecular weight is 404 g/mol. The van der Waals surface area contributed by atoms with Crippen LogP contribution in [0.5, 0.6) is 0 Å². The number of benzene rings is 2. The molecule has 1 aliphatic carbocycles. The minimum atomic E-state index is -0.588. The molecule has 27 heavy (non-hydrogen) atoms. The lowest BCUT2D eigenvalue weighted by atomic mass is 9.87. The highest BCUT2D eigenvalue weighted by Gasteiger charge is 2.49. The standard InChI is InChI=1S/C21H23Cl2N3O/c22-18-6-5-15(13-19(18)23)14-25-20(27)21(26-11-9-24-10-12-26)8-7-16-3-1-2-4-17(16)21/h1-6,13,24H,7-12,14H2,(H,25,27). The van der Waals surface area contributed by atoms with Crippen molar-refractivity contribution in [2.24, 2.45) is 0 Å². The van der Waals surface area contributed by atoms with Crippen molar-refractivity contribution >= 4 is 29.1 Å². The van der Waals surface area contributed by atoms with Crippen LogP contribution in [0.2, 0.25) is 10.0 Å². The van der Waals surface area contributed by atoms with Crippen molar-refractivity contribution in [2.45, 2.75) is 24.9 Å². The van der Waals surface area contributed by atoms with Crippen molar-refractivity contribution < 1.29 is 4.79 Å². The van der Waals surface area contributed by atoms with Crippen molar-refractivity contribution in [3.05, 3.63) is 69.2 Å². The second-order valence-corrected chi connectivity index (χ2v) is 8.00. The SMILES string of the molecule is O=C(NCc1ccc(Cl)c(Cl)c1)C1(N2CCNCC2)CCc2ccccc21. The molecule has 2 aromatic rings. The number of fused-ring (bicyclic) bond motifs is 1. The van der Waals surface area contributed by atoms with Crippen LogP contribution in [0.1, 0.15) is 23.1 Å². The fourth-order valence-corrected chi connectivity index (χ4v) is 4.65. The van der Waals surface area contributed by atoms with Gasteiger partial charge in [0.25, 0.3) is 0 Å². The quantitative estimate of drug-likeness (QED) is 0.822. The van der Waals surface area contributed by atoms with Crippen molar-refractivity contribution in [2.75, 3.05) is 26.2 Å². The number of hydrogen-bond acceptors (Lipinski definition) is 3. The molecule has 1 saturated heterocycles. The molecule has 1 unspecified atom stereocenters. The molecule has 4 rings (SSSR count). The lowest BCUT2D eigenvalue weighted by Crippen LogP contribution is -2.60. The molecule has 0 aromatic heterocycles. The van der Waals surface area contributed by atoms with Gasteiger partial charge in [-0.3, -0.25) is 9.69 Å². The van der Waals surface area contributed by atoms with Crippen LogP contribution in [0.4, 0.5) is 0 Å². The van der Waals surface area contributed by atoms with E-state index in [1.54, 1.807) is 6.07 Å². The summed E-state index contributed by atoms with van der Waals surface area (Å²) in [7, 11) is 0. The maximum absolute atomic E-state index is 13.5. The highest BCUT2D eigenvalue weighted by atomic mass is 35.5. The van der Waals surface area contributed by atoms with Gasteiger partial charge in [0.2, 0.25) is 5.91 Å². The first-order valence-corrected chi connectivity index (χ1v) is 10.1. The summed E-state index contributed by atoms with van der Waals surface area (Å²) in [6.45, 7) is 3.99. The first-order valence-electron chi connectivity index (χ1n) is 9.37. The summed E-state index contributed by atoms with van der Waals surface area (Å²) in [5, 5.41) is 7.58. The Bertz CT molecular complexity index is 851. The third-order valence-electron chi connectivity index (χ3n) is 5.69. The Morgan fingerprint density at radius 3 is 2.67 bits per heavy atom. The number of hydrogen-bond donors (Lipinski definition) is 2. The maximum atomic E-state index is 13.5. The largest absolute Gasteiger partial charge is 0.350 e. The van der Waals surface area contributed by atoms with Crippen LogP contribution in [0.3, 0.4) is 0 Å². The molecule has 0 bridgehead atoms. The van der Waals surface area contributed by atoms with E-state index in [9.17, 15) is 4.79 Å². The van der Waals surface area contributed by atoms with Gasteiger partial charge in [0.05, 0.1) is 10.0 Å². The van der Waals surface area contributed by atoms with Gasteiger partial charge < -0.3 is 10.6 Å². The van der Waals surface area contributed by atoms with Gasteiger partial charge in [0.15, 0.2) is 0 Å². The van der Waals surface area contributed by atoms with Gasteiger partial charge in [-0.05, 0) is 41.7 Å². The monoisotopic (exact) mass is 403 g/mol. The van der Waals surface area contributed by atoms with Gasteiger partial charge in [-0.15, -0.1) is 0 Å². The summed E-state index contributed by atoms with van der Waals surface area (Å²) in [6, 6.07) is 13.8. The molecule has 2 aliphatic rings. The van der Waals surface area contributed by atoms with Crippen LogP contribution in [0, 0.1) is 0 Å². The van der Waals surface area contributed by atoms with Gasteiger partial charge >= 0.3 is 0 Å². The predicted octanol–water partition coefficient (Wildman–Crippen LogP) is 3.36. The minimum Gasteiger partial charge on any atom is -0.350 e. The Balaban J connectivity index is 1.61. The van der Waals surface area contributed by atoms with E-state index in [0.29, 0.717) is 16.6 Å². The molecule has 1 fully saturated rings. The Labute approximate surface area is 169 Å². The minimum absolute atomic E-state index is 0.0698. The molecule has 0 saturated carbocycles. The molecule has 1 heterocycles. The van der Waals surface area contributed by atoms with E-state index in [1.807, 2.05) is 18.2 Å². The van der Waals surface area contributed by atoms with E-state index < -0.39 is 5.54 Å². The topological polar surface area (TPSA) is 44.4 Å². The maximum Gasteiger partial charge on any atom is 0.245 e. The lowest BCUT2D eigenvalue weighted by Gasteiger charge is -2.43. The smallest absolute Gasteiger partial charge is 0.245 e. The van der Waals surface area contributed by atoms with Crippen molar-refractivity contribution in [3.8, 4) is 0 Å². The molecule has 1 aliphatic heterocycles. The van der Waals surface area contributed by atoms with Crippen LogP contribution in [-0.4, -0.2) is 37.0 Å². The highest BCUT2D eigenvalue weighted by Crippen LogP contribution is 2.42. The zero-order valence-electron chi connectivity index (χ0n) is 15.1. The zero-order valence-corrected chi connectivity index (χ0v) is 16.6. The third-order valence-corrected chi connectivity index (χ3v) is 6.43. The van der Waals surface area contributed by atoms with Gasteiger partial charge in [-0.2, -0.15) is 0 Å². The molecule has 0 radical (unpaired) electrons. The molecule has 142 valence electrons. The summed E-state index contributed by atoms with van der Waals surface area (Å²) in [6.07, 6.45) is 1.75. The molecule has 2 N–H and O–H groups in total. The fourth-order valence-electron chi connectivity index (χ4n) is 4.32. The second kappa shape index (κ2) is 7.80. The summed E-state index contributed by atoms with van der Waals surface area (Å²) >= 11 is 12.1. The summed E-state index contributed by atoms with van der Waals surface area (Å²) in [5.74, 6) is 0.0698. The molecular weight excluding hydrogens is 381 g/mol. The Morgan fingerprint density at radius 2 is 1.89 bits per heavy atom. The van der Waals surface area contributed by atoms with Gasteiger partial charge in [-0.1, -0.05) is 53.5 Å². The molecule has 1 amide bonds. The number of halogens is 2. The van der Waals surface area contributed by atoms with E-state index in [-0.39, 0.29) is 5.91 Å². The molecule has 4 nitrogen and oxygen atoms in total. The average Bonchev–Trinajstić information content (AvgIpc) is 3.10. The van der Waals surface area contributed by atoms with E-state index in [0.717, 1.165) is 50.1 Å². The molecule has 0 spiro atoms. The number of carbonyl (C=O) groups is 1. The van der Waals surface area contributed by atoms with Gasteiger partial charge in [-0.25, -0.2) is 0 Å². The van der Waals surface area contributed by atoms with Crippen molar-refractivity contribution in [3.63, 3.8) is 0 Å². The molecule has 1 atom stereocenters. The number of piperazine rings is 1. The Morgan fingerprint density at radius 1 is 1.11 bits per heavy atom. The first kappa shape index (κ1) is 18.8. The number of nitrogens with one attached hydrogen (secondary N) is 2. The third kappa shape index (κ3) is 3.47. The number of aryl methyl sites for hydroxylation is 1. The molecule has 6 heteroatoms. The van der Waals surface area contributed by atoms with Crippen LogP contribution >= 0.6 is 23.2 Å². The van der Waals surface area contributed by atoms with E-state index >= 15 is 0 Å². The lowest BCUT2D eigenvalue weighted by molar-refractivity contribution is -0.135. The van der Waals surface area contributed by atoms with Gasteiger partial charge in [0.1, 0.15) is 5.54 Å². The normalized spacial score (nSPS) is 22.4. The van der Waals surface area contributed by atoms with E-state index in [4.69, 9.17) is 23.2 Å². The predicted molar refractivity (Wildman–Crippen MR) is 109 cm³/mol. The van der Waals surface area contributed by atoms with Gasteiger partial charge in [0, 0.05) is 32.7 Å².